The van der Waals surface area contributed by atoms with Crippen LogP contribution < -0.4 is 0 Å². The molecule has 0 saturated heterocycles. The SMILES string of the molecule is O=S(=O)(c1ccccc1)c1cccc(S(=O)(=O)c2ccccc2)c1.Oc1ccccc1. The Morgan fingerprint density at radius 2 is 0.742 bits per heavy atom. The van der Waals surface area contributed by atoms with Crippen molar-refractivity contribution < 1.29 is 21.9 Å². The molecule has 0 bridgehead atoms. The molecule has 158 valence electrons. The third-order valence-corrected chi connectivity index (χ3v) is 7.82. The zero-order chi connectivity index (χ0) is 22.3. The molecule has 5 nitrogen and oxygen atoms in total. The van der Waals surface area contributed by atoms with Gasteiger partial charge in [0.05, 0.1) is 19.6 Å². The van der Waals surface area contributed by atoms with Gasteiger partial charge >= 0.3 is 0 Å². The smallest absolute Gasteiger partial charge is 0.206 e. The van der Waals surface area contributed by atoms with Crippen molar-refractivity contribution in [3.05, 3.63) is 115 Å². The van der Waals surface area contributed by atoms with E-state index in [-0.39, 0.29) is 19.6 Å². The summed E-state index contributed by atoms with van der Waals surface area (Å²) in [6.45, 7) is 0. The van der Waals surface area contributed by atoms with Crippen LogP contribution in [-0.2, 0) is 19.7 Å². The molecule has 0 aliphatic rings. The maximum absolute atomic E-state index is 12.7. The molecule has 0 amide bonds. The molecule has 31 heavy (non-hydrogen) atoms. The highest BCUT2D eigenvalue weighted by atomic mass is 32.2. The first-order valence-electron chi connectivity index (χ1n) is 9.26. The van der Waals surface area contributed by atoms with Crippen LogP contribution in [0.2, 0.25) is 0 Å². The summed E-state index contributed by atoms with van der Waals surface area (Å²) in [5, 5.41) is 8.63. The van der Waals surface area contributed by atoms with Gasteiger partial charge in [0, 0.05) is 0 Å². The summed E-state index contributed by atoms with van der Waals surface area (Å²) in [5.41, 5.74) is 0. The summed E-state index contributed by atoms with van der Waals surface area (Å²) in [4.78, 5) is 0.148. The summed E-state index contributed by atoms with van der Waals surface area (Å²) < 4.78 is 50.6. The Morgan fingerprint density at radius 3 is 1.06 bits per heavy atom. The molecule has 4 aromatic rings. The molecule has 0 fully saturated rings. The van der Waals surface area contributed by atoms with Gasteiger partial charge < -0.3 is 5.11 Å². The second-order valence-corrected chi connectivity index (χ2v) is 10.3. The molecule has 0 aliphatic carbocycles. The molecule has 0 radical (unpaired) electrons. The predicted molar refractivity (Wildman–Crippen MR) is 118 cm³/mol. The van der Waals surface area contributed by atoms with Crippen molar-refractivity contribution in [2.75, 3.05) is 0 Å². The molecule has 0 unspecified atom stereocenters. The Hall–Kier alpha value is -3.42. The van der Waals surface area contributed by atoms with Crippen LogP contribution in [0.25, 0.3) is 0 Å². The molecular weight excluding hydrogens is 432 g/mol. The number of phenolic OH excluding ortho intramolecular Hbond substituents is 1. The lowest BCUT2D eigenvalue weighted by Gasteiger charge is -2.08. The highest BCUT2D eigenvalue weighted by Gasteiger charge is 2.22. The second-order valence-electron chi connectivity index (χ2n) is 6.44. The minimum absolute atomic E-state index is 0.0503. The van der Waals surface area contributed by atoms with Crippen LogP contribution in [-0.4, -0.2) is 21.9 Å². The number of sulfone groups is 2. The second kappa shape index (κ2) is 9.59. The zero-order valence-electron chi connectivity index (χ0n) is 16.4. The number of hydrogen-bond donors (Lipinski definition) is 1. The highest BCUT2D eigenvalue weighted by molar-refractivity contribution is 7.92. The highest BCUT2D eigenvalue weighted by Crippen LogP contribution is 2.26. The van der Waals surface area contributed by atoms with Gasteiger partial charge in [-0.15, -0.1) is 0 Å². The summed E-state index contributed by atoms with van der Waals surface area (Å²) >= 11 is 0. The Kier molecular flexibility index (Phi) is 6.89. The first-order valence-corrected chi connectivity index (χ1v) is 12.2. The third kappa shape index (κ3) is 5.39. The van der Waals surface area contributed by atoms with E-state index < -0.39 is 19.7 Å². The van der Waals surface area contributed by atoms with Gasteiger partial charge in [0.15, 0.2) is 0 Å². The quantitative estimate of drug-likeness (QED) is 0.483. The van der Waals surface area contributed by atoms with Gasteiger partial charge in [-0.2, -0.15) is 0 Å². The summed E-state index contributed by atoms with van der Waals surface area (Å²) in [5.74, 6) is 0.322. The van der Waals surface area contributed by atoms with E-state index in [0.29, 0.717) is 5.75 Å². The number of phenols is 1. The van der Waals surface area contributed by atoms with Crippen molar-refractivity contribution in [2.45, 2.75) is 19.6 Å². The predicted octanol–water partition coefficient (Wildman–Crippen LogP) is 4.74. The van der Waals surface area contributed by atoms with E-state index in [1.54, 1.807) is 60.7 Å². The lowest BCUT2D eigenvalue weighted by atomic mass is 10.3. The van der Waals surface area contributed by atoms with E-state index in [0.717, 1.165) is 0 Å². The molecule has 0 saturated carbocycles. The standard InChI is InChI=1S/C18H14O4S2.C6H6O/c19-23(20,15-8-3-1-4-9-15)17-12-7-13-18(14-17)24(21,22)16-10-5-2-6-11-16;7-6-4-2-1-3-5-6/h1-14H;1-5,7H. The summed E-state index contributed by atoms with van der Waals surface area (Å²) in [6.07, 6.45) is 0. The van der Waals surface area contributed by atoms with Crippen molar-refractivity contribution in [2.24, 2.45) is 0 Å². The first-order chi connectivity index (χ1) is 14.8. The van der Waals surface area contributed by atoms with Crippen LogP contribution in [0.1, 0.15) is 0 Å². The minimum Gasteiger partial charge on any atom is -0.508 e. The average molecular weight is 453 g/mol. The normalized spacial score (nSPS) is 11.2. The van der Waals surface area contributed by atoms with Crippen LogP contribution in [0.15, 0.2) is 135 Å². The molecule has 7 heteroatoms. The maximum atomic E-state index is 12.7. The van der Waals surface area contributed by atoms with Crippen LogP contribution in [0, 0.1) is 0 Å². The number of para-hydroxylation sites is 1. The van der Waals surface area contributed by atoms with E-state index in [4.69, 9.17) is 5.11 Å². The first kappa shape index (κ1) is 22.3. The van der Waals surface area contributed by atoms with E-state index >= 15 is 0 Å². The van der Waals surface area contributed by atoms with Crippen LogP contribution in [0.5, 0.6) is 5.75 Å². The number of hydrogen-bond acceptors (Lipinski definition) is 5. The van der Waals surface area contributed by atoms with Crippen LogP contribution in [0.3, 0.4) is 0 Å². The Bertz CT molecular complexity index is 1250. The van der Waals surface area contributed by atoms with Crippen molar-refractivity contribution in [1.82, 2.24) is 0 Å². The average Bonchev–Trinajstić information content (AvgIpc) is 2.81. The van der Waals surface area contributed by atoms with Gasteiger partial charge in [-0.3, -0.25) is 0 Å². The molecule has 0 atom stereocenters. The van der Waals surface area contributed by atoms with E-state index in [1.165, 1.54) is 48.5 Å². The van der Waals surface area contributed by atoms with E-state index in [2.05, 4.69) is 0 Å². The van der Waals surface area contributed by atoms with E-state index in [9.17, 15) is 16.8 Å². The largest absolute Gasteiger partial charge is 0.508 e. The molecular formula is C24H20O5S2. The summed E-state index contributed by atoms with van der Waals surface area (Å²) in [6, 6.07) is 30.0. The number of aromatic hydroxyl groups is 1. The Balaban J connectivity index is 0.000000330. The van der Waals surface area contributed by atoms with Gasteiger partial charge in [0.25, 0.3) is 0 Å². The monoisotopic (exact) mass is 452 g/mol. The summed E-state index contributed by atoms with van der Waals surface area (Å²) in [7, 11) is -7.54. The topological polar surface area (TPSA) is 88.5 Å². The Morgan fingerprint density at radius 1 is 0.419 bits per heavy atom. The molecule has 0 heterocycles. The molecule has 0 spiro atoms. The fourth-order valence-corrected chi connectivity index (χ4v) is 5.44. The van der Waals surface area contributed by atoms with Crippen LogP contribution >= 0.6 is 0 Å². The molecule has 0 aliphatic heterocycles. The Labute approximate surface area is 182 Å². The van der Waals surface area contributed by atoms with Gasteiger partial charge in [-0.1, -0.05) is 60.7 Å². The van der Waals surface area contributed by atoms with Crippen molar-refractivity contribution in [3.8, 4) is 5.75 Å². The van der Waals surface area contributed by atoms with Crippen molar-refractivity contribution >= 4 is 19.7 Å². The molecule has 1 N–H and O–H groups in total. The molecule has 0 aromatic heterocycles. The third-order valence-electron chi connectivity index (χ3n) is 4.29. The van der Waals surface area contributed by atoms with Crippen molar-refractivity contribution in [1.29, 1.82) is 0 Å². The minimum atomic E-state index is -3.77. The molecule has 4 aromatic carbocycles. The fourth-order valence-electron chi connectivity index (χ4n) is 2.71. The van der Waals surface area contributed by atoms with Gasteiger partial charge in [0.2, 0.25) is 19.7 Å². The fraction of sp³-hybridized carbons (Fsp3) is 0. The van der Waals surface area contributed by atoms with E-state index in [1.807, 2.05) is 6.07 Å². The van der Waals surface area contributed by atoms with Gasteiger partial charge in [-0.05, 0) is 54.6 Å². The number of benzene rings is 4. The zero-order valence-corrected chi connectivity index (χ0v) is 18.0. The van der Waals surface area contributed by atoms with Gasteiger partial charge in [-0.25, -0.2) is 16.8 Å². The van der Waals surface area contributed by atoms with Gasteiger partial charge in [0.1, 0.15) is 5.75 Å². The van der Waals surface area contributed by atoms with Crippen molar-refractivity contribution in [3.63, 3.8) is 0 Å². The van der Waals surface area contributed by atoms with Crippen LogP contribution in [0.4, 0.5) is 0 Å². The molecule has 4 rings (SSSR count). The number of rotatable bonds is 4. The maximum Gasteiger partial charge on any atom is 0.206 e. The lowest BCUT2D eigenvalue weighted by Crippen LogP contribution is -2.06. The lowest BCUT2D eigenvalue weighted by molar-refractivity contribution is 0.475.